The second kappa shape index (κ2) is 5.33. The van der Waals surface area contributed by atoms with Gasteiger partial charge in [0, 0.05) is 5.02 Å². The van der Waals surface area contributed by atoms with E-state index in [1.54, 1.807) is 6.92 Å². The Balaban J connectivity index is 2.43. The van der Waals surface area contributed by atoms with E-state index < -0.39 is 11.5 Å². The predicted octanol–water partition coefficient (Wildman–Crippen LogP) is 2.70. The van der Waals surface area contributed by atoms with E-state index in [2.05, 4.69) is 5.43 Å². The van der Waals surface area contributed by atoms with Crippen LogP contribution < -0.4 is 16.2 Å². The summed E-state index contributed by atoms with van der Waals surface area (Å²) in [4.78, 5) is 11.8. The van der Waals surface area contributed by atoms with Crippen LogP contribution in [0.25, 0.3) is 0 Å². The number of carbonyl (C=O) groups is 1. The molecule has 0 radical (unpaired) electrons. The molecule has 1 aliphatic heterocycles. The molecule has 0 spiro atoms. The first kappa shape index (κ1) is 15.3. The number of anilines is 1. The van der Waals surface area contributed by atoms with E-state index in [0.29, 0.717) is 20.8 Å². The lowest BCUT2D eigenvalue weighted by Gasteiger charge is -2.27. The third-order valence-corrected chi connectivity index (χ3v) is 3.65. The van der Waals surface area contributed by atoms with Crippen LogP contribution in [0.3, 0.4) is 0 Å². The van der Waals surface area contributed by atoms with Gasteiger partial charge in [0.1, 0.15) is 5.82 Å². The van der Waals surface area contributed by atoms with Crippen molar-refractivity contribution in [3.05, 3.63) is 39.1 Å². The monoisotopic (exact) mass is 335 g/mol. The zero-order valence-corrected chi connectivity index (χ0v) is 13.0. The Kier molecular flexibility index (Phi) is 4.07. The SMILES string of the molecule is COC(=O)C1(C)C=C(N)N(c2c(Cl)cc(Cl)cc2Cl)N1. The van der Waals surface area contributed by atoms with Gasteiger partial charge in [0.05, 0.1) is 22.8 Å². The third-order valence-electron chi connectivity index (χ3n) is 2.85. The van der Waals surface area contributed by atoms with Gasteiger partial charge >= 0.3 is 5.97 Å². The number of ether oxygens (including phenoxy) is 1. The fourth-order valence-corrected chi connectivity index (χ4v) is 2.93. The van der Waals surface area contributed by atoms with Crippen LogP contribution in [0.5, 0.6) is 0 Å². The van der Waals surface area contributed by atoms with Crippen LogP contribution in [0, 0.1) is 0 Å². The molecule has 1 aromatic rings. The van der Waals surface area contributed by atoms with Crippen molar-refractivity contribution in [3.63, 3.8) is 0 Å². The topological polar surface area (TPSA) is 67.6 Å². The number of methoxy groups -OCH3 is 1. The molecule has 0 saturated carbocycles. The summed E-state index contributed by atoms with van der Waals surface area (Å²) >= 11 is 18.1. The van der Waals surface area contributed by atoms with Crippen LogP contribution in [0.15, 0.2) is 24.0 Å². The minimum absolute atomic E-state index is 0.282. The second-order valence-electron chi connectivity index (χ2n) is 4.43. The van der Waals surface area contributed by atoms with Gasteiger partial charge in [-0.1, -0.05) is 34.8 Å². The number of esters is 1. The molecule has 0 saturated heterocycles. The number of hydrogen-bond acceptors (Lipinski definition) is 5. The number of halogens is 3. The van der Waals surface area contributed by atoms with Crippen molar-refractivity contribution in [2.45, 2.75) is 12.5 Å². The summed E-state index contributed by atoms with van der Waals surface area (Å²) in [6, 6.07) is 3.07. The molecule has 0 amide bonds. The van der Waals surface area contributed by atoms with E-state index in [0.717, 1.165) is 0 Å². The van der Waals surface area contributed by atoms with Gasteiger partial charge in [-0.2, -0.15) is 0 Å². The van der Waals surface area contributed by atoms with E-state index in [1.165, 1.54) is 30.3 Å². The van der Waals surface area contributed by atoms with Crippen LogP contribution in [-0.2, 0) is 9.53 Å². The fraction of sp³-hybridized carbons (Fsp3) is 0.250. The zero-order chi connectivity index (χ0) is 15.1. The Hall–Kier alpha value is -1.14. The molecule has 0 aromatic heterocycles. The summed E-state index contributed by atoms with van der Waals surface area (Å²) in [5.74, 6) is -0.201. The molecule has 5 nitrogen and oxygen atoms in total. The predicted molar refractivity (Wildman–Crippen MR) is 79.8 cm³/mol. The molecule has 1 aromatic carbocycles. The summed E-state index contributed by atoms with van der Waals surface area (Å²) in [7, 11) is 1.30. The van der Waals surface area contributed by atoms with Crippen molar-refractivity contribution in [3.8, 4) is 0 Å². The largest absolute Gasteiger partial charge is 0.467 e. The van der Waals surface area contributed by atoms with Crippen LogP contribution in [0.2, 0.25) is 15.1 Å². The first-order chi connectivity index (χ1) is 9.28. The standard InChI is InChI=1S/C12H12Cl3N3O2/c1-12(11(19)20-2)5-9(16)18(17-12)10-7(14)3-6(13)4-8(10)15/h3-5,17H,16H2,1-2H3. The Morgan fingerprint density at radius 1 is 1.35 bits per heavy atom. The normalized spacial score (nSPS) is 21.9. The maximum Gasteiger partial charge on any atom is 0.331 e. The van der Waals surface area contributed by atoms with Crippen LogP contribution in [-0.4, -0.2) is 18.6 Å². The highest BCUT2D eigenvalue weighted by Gasteiger charge is 2.41. The van der Waals surface area contributed by atoms with Crippen molar-refractivity contribution in [1.29, 1.82) is 0 Å². The van der Waals surface area contributed by atoms with E-state index >= 15 is 0 Å². The third kappa shape index (κ3) is 2.54. The summed E-state index contributed by atoms with van der Waals surface area (Å²) < 4.78 is 4.73. The molecule has 3 N–H and O–H groups in total. The molecule has 20 heavy (non-hydrogen) atoms. The van der Waals surface area contributed by atoms with E-state index in [9.17, 15) is 4.79 Å². The lowest BCUT2D eigenvalue weighted by atomic mass is 10.1. The molecule has 2 rings (SSSR count). The Morgan fingerprint density at radius 3 is 2.40 bits per heavy atom. The van der Waals surface area contributed by atoms with Crippen LogP contribution in [0.4, 0.5) is 5.69 Å². The Bertz CT molecular complexity index is 583. The summed E-state index contributed by atoms with van der Waals surface area (Å²) in [5, 5.41) is 2.44. The smallest absolute Gasteiger partial charge is 0.331 e. The number of hydrazine groups is 1. The number of nitrogens with zero attached hydrogens (tertiary/aromatic N) is 1. The summed E-state index contributed by atoms with van der Waals surface area (Å²) in [5.41, 5.74) is 8.16. The average molecular weight is 337 g/mol. The van der Waals surface area contributed by atoms with Crippen molar-refractivity contribution >= 4 is 46.5 Å². The number of benzene rings is 1. The first-order valence-electron chi connectivity index (χ1n) is 5.57. The van der Waals surface area contributed by atoms with E-state index in [-0.39, 0.29) is 5.82 Å². The minimum atomic E-state index is -1.09. The number of carbonyl (C=O) groups excluding carboxylic acids is 1. The van der Waals surface area contributed by atoms with E-state index in [4.69, 9.17) is 45.3 Å². The number of nitrogens with two attached hydrogens (primary N) is 1. The highest BCUT2D eigenvalue weighted by atomic mass is 35.5. The molecule has 1 atom stereocenters. The molecule has 108 valence electrons. The van der Waals surface area contributed by atoms with Crippen molar-refractivity contribution in [1.82, 2.24) is 5.43 Å². The van der Waals surface area contributed by atoms with Gasteiger partial charge < -0.3 is 10.5 Å². The van der Waals surface area contributed by atoms with Gasteiger partial charge in [-0.15, -0.1) is 0 Å². The van der Waals surface area contributed by atoms with Crippen molar-refractivity contribution in [2.75, 3.05) is 12.1 Å². The Labute approximate surface area is 131 Å². The number of nitrogens with one attached hydrogen (secondary N) is 1. The number of hydrogen-bond donors (Lipinski definition) is 2. The summed E-state index contributed by atoms with van der Waals surface area (Å²) in [6.45, 7) is 1.63. The highest BCUT2D eigenvalue weighted by Crippen LogP contribution is 2.39. The minimum Gasteiger partial charge on any atom is -0.467 e. The molecule has 0 aliphatic carbocycles. The van der Waals surface area contributed by atoms with Crippen molar-refractivity contribution < 1.29 is 9.53 Å². The fourth-order valence-electron chi connectivity index (χ4n) is 1.94. The quantitative estimate of drug-likeness (QED) is 0.813. The van der Waals surface area contributed by atoms with Crippen LogP contribution >= 0.6 is 34.8 Å². The van der Waals surface area contributed by atoms with Crippen LogP contribution in [0.1, 0.15) is 6.92 Å². The van der Waals surface area contributed by atoms with Gasteiger partial charge in [0.2, 0.25) is 0 Å². The molecule has 8 heteroatoms. The van der Waals surface area contributed by atoms with Crippen molar-refractivity contribution in [2.24, 2.45) is 5.73 Å². The van der Waals surface area contributed by atoms with Gasteiger partial charge in [0.15, 0.2) is 5.54 Å². The van der Waals surface area contributed by atoms with Gasteiger partial charge in [0.25, 0.3) is 0 Å². The molecule has 1 unspecified atom stereocenters. The molecule has 0 fully saturated rings. The van der Waals surface area contributed by atoms with Gasteiger partial charge in [-0.05, 0) is 25.1 Å². The lowest BCUT2D eigenvalue weighted by Crippen LogP contribution is -2.51. The maximum atomic E-state index is 11.8. The Morgan fingerprint density at radius 2 is 1.90 bits per heavy atom. The maximum absolute atomic E-state index is 11.8. The first-order valence-corrected chi connectivity index (χ1v) is 6.71. The summed E-state index contributed by atoms with van der Waals surface area (Å²) in [6.07, 6.45) is 1.53. The molecule has 1 aliphatic rings. The highest BCUT2D eigenvalue weighted by molar-refractivity contribution is 6.41. The lowest BCUT2D eigenvalue weighted by molar-refractivity contribution is -0.145. The molecular formula is C12H12Cl3N3O2. The molecule has 1 heterocycles. The number of rotatable bonds is 2. The molecule has 0 bridgehead atoms. The van der Waals surface area contributed by atoms with Gasteiger partial charge in [-0.25, -0.2) is 10.2 Å². The zero-order valence-electron chi connectivity index (χ0n) is 10.7. The average Bonchev–Trinajstić information content (AvgIpc) is 2.64. The molecular weight excluding hydrogens is 325 g/mol. The van der Waals surface area contributed by atoms with Gasteiger partial charge in [-0.3, -0.25) is 5.01 Å². The second-order valence-corrected chi connectivity index (χ2v) is 5.68. The van der Waals surface area contributed by atoms with E-state index in [1.807, 2.05) is 0 Å².